The van der Waals surface area contributed by atoms with Gasteiger partial charge in [0.25, 0.3) is 0 Å². The van der Waals surface area contributed by atoms with E-state index < -0.39 is 58.8 Å². The Bertz CT molecular complexity index is 840. The van der Waals surface area contributed by atoms with Crippen molar-refractivity contribution in [3.8, 4) is 0 Å². The Hall–Kier alpha value is -1.48. The van der Waals surface area contributed by atoms with Gasteiger partial charge in [-0.25, -0.2) is 0 Å². The van der Waals surface area contributed by atoms with E-state index >= 15 is 0 Å². The number of fused-ring (bicyclic) bond motifs is 2. The van der Waals surface area contributed by atoms with E-state index in [-0.39, 0.29) is 29.8 Å². The first kappa shape index (κ1) is 23.7. The average Bonchev–Trinajstić information content (AvgIpc) is 2.70. The Morgan fingerprint density at radius 2 is 1.88 bits per heavy atom. The molecule has 3 aliphatic carbocycles. The lowest BCUT2D eigenvalue weighted by atomic mass is 9.37. The standard InChI is InChI=1S/C24H36O8/c1-11-8-15(29-6)21(27)22(4)14(11)9-16-23(5)20(22)19(31-13(3)25)18(30-7)12(2)24(23,28)10-17(26)32-16/h8,11-12,14,16-20,26,28H,9-10H2,1-7H3. The van der Waals surface area contributed by atoms with Crippen LogP contribution in [0.3, 0.4) is 0 Å². The molecule has 32 heavy (non-hydrogen) atoms. The monoisotopic (exact) mass is 452 g/mol. The number of esters is 1. The van der Waals surface area contributed by atoms with Gasteiger partial charge in [0.1, 0.15) is 6.10 Å². The van der Waals surface area contributed by atoms with Gasteiger partial charge in [0.05, 0.1) is 24.9 Å². The summed E-state index contributed by atoms with van der Waals surface area (Å²) < 4.78 is 23.2. The van der Waals surface area contributed by atoms with Crippen molar-refractivity contribution in [2.45, 2.75) is 77.7 Å². The lowest BCUT2D eigenvalue weighted by molar-refractivity contribution is -0.375. The summed E-state index contributed by atoms with van der Waals surface area (Å²) in [6.45, 7) is 9.04. The number of Topliss-reactive ketones (excluding diaryl/α,β-unsaturated/α-hetero) is 1. The second kappa shape index (κ2) is 7.52. The lowest BCUT2D eigenvalue weighted by Gasteiger charge is -2.72. The van der Waals surface area contributed by atoms with Gasteiger partial charge in [-0.15, -0.1) is 0 Å². The van der Waals surface area contributed by atoms with Crippen LogP contribution in [0, 0.1) is 34.5 Å². The number of ketones is 1. The molecule has 4 rings (SSSR count). The van der Waals surface area contributed by atoms with Gasteiger partial charge in [-0.2, -0.15) is 0 Å². The fourth-order valence-electron chi connectivity index (χ4n) is 7.94. The van der Waals surface area contributed by atoms with Gasteiger partial charge >= 0.3 is 5.97 Å². The van der Waals surface area contributed by atoms with Crippen molar-refractivity contribution >= 4 is 11.8 Å². The van der Waals surface area contributed by atoms with E-state index in [1.54, 1.807) is 0 Å². The molecule has 1 saturated heterocycles. The van der Waals surface area contributed by atoms with E-state index in [9.17, 15) is 19.8 Å². The van der Waals surface area contributed by atoms with Crippen LogP contribution in [-0.2, 0) is 28.5 Å². The fourth-order valence-corrected chi connectivity index (χ4v) is 7.94. The SMILES string of the molecule is COC1=CC(C)C2CC3OC(O)CC4(O)C(C)C(OC)C(OC(C)=O)C(C2(C)C1=O)C34C. The molecule has 3 fully saturated rings. The van der Waals surface area contributed by atoms with Crippen molar-refractivity contribution in [2.75, 3.05) is 14.2 Å². The van der Waals surface area contributed by atoms with E-state index in [0.717, 1.165) is 0 Å². The molecule has 0 aromatic carbocycles. The molecule has 11 unspecified atom stereocenters. The quantitative estimate of drug-likeness (QED) is 0.624. The van der Waals surface area contributed by atoms with Crippen LogP contribution in [0.1, 0.15) is 47.5 Å². The molecular formula is C24H36O8. The zero-order valence-electron chi connectivity index (χ0n) is 20.0. The minimum Gasteiger partial charge on any atom is -0.493 e. The van der Waals surface area contributed by atoms with Crippen LogP contribution in [0.2, 0.25) is 0 Å². The third-order valence-electron chi connectivity index (χ3n) is 9.39. The van der Waals surface area contributed by atoms with Gasteiger partial charge in [-0.1, -0.05) is 27.7 Å². The van der Waals surface area contributed by atoms with E-state index in [2.05, 4.69) is 0 Å². The molecule has 1 aliphatic heterocycles. The Morgan fingerprint density at radius 3 is 2.44 bits per heavy atom. The largest absolute Gasteiger partial charge is 0.493 e. The molecule has 0 amide bonds. The number of carbonyl (C=O) groups is 2. The predicted octanol–water partition coefficient (Wildman–Crippen LogP) is 1.82. The summed E-state index contributed by atoms with van der Waals surface area (Å²) in [7, 11) is 3.00. The molecule has 0 radical (unpaired) electrons. The first-order chi connectivity index (χ1) is 14.9. The Kier molecular flexibility index (Phi) is 5.56. The molecule has 0 bridgehead atoms. The predicted molar refractivity (Wildman–Crippen MR) is 113 cm³/mol. The van der Waals surface area contributed by atoms with Crippen LogP contribution in [0.25, 0.3) is 0 Å². The van der Waals surface area contributed by atoms with Gasteiger partial charge in [0, 0.05) is 43.1 Å². The Balaban J connectivity index is 2.00. The van der Waals surface area contributed by atoms with Crippen molar-refractivity contribution < 1.29 is 38.7 Å². The van der Waals surface area contributed by atoms with Crippen LogP contribution in [-0.4, -0.2) is 66.4 Å². The van der Waals surface area contributed by atoms with Gasteiger partial charge in [-0.05, 0) is 24.3 Å². The number of aliphatic hydroxyl groups excluding tert-OH is 1. The first-order valence-corrected chi connectivity index (χ1v) is 11.4. The number of allylic oxidation sites excluding steroid dienone is 2. The fraction of sp³-hybridized carbons (Fsp3) is 0.833. The molecule has 0 aromatic rings. The van der Waals surface area contributed by atoms with Gasteiger partial charge in [0.15, 0.2) is 12.0 Å². The Morgan fingerprint density at radius 1 is 1.22 bits per heavy atom. The van der Waals surface area contributed by atoms with Crippen LogP contribution >= 0.6 is 0 Å². The van der Waals surface area contributed by atoms with Gasteiger partial charge in [0.2, 0.25) is 5.78 Å². The third-order valence-corrected chi connectivity index (χ3v) is 9.39. The number of aliphatic hydroxyl groups is 2. The molecular weight excluding hydrogens is 416 g/mol. The number of rotatable bonds is 3. The third kappa shape index (κ3) is 2.76. The molecule has 180 valence electrons. The number of hydrogen-bond acceptors (Lipinski definition) is 8. The second-order valence-electron chi connectivity index (χ2n) is 10.6. The topological polar surface area (TPSA) is 112 Å². The van der Waals surface area contributed by atoms with E-state index in [0.29, 0.717) is 6.42 Å². The Labute approximate surface area is 189 Å². The summed E-state index contributed by atoms with van der Waals surface area (Å²) in [6, 6.07) is 0. The highest BCUT2D eigenvalue weighted by atomic mass is 16.6. The number of carbonyl (C=O) groups excluding carboxylic acids is 2. The summed E-state index contributed by atoms with van der Waals surface area (Å²) in [5.74, 6) is -1.63. The minimum atomic E-state index is -1.40. The lowest BCUT2D eigenvalue weighted by Crippen LogP contribution is -2.80. The summed E-state index contributed by atoms with van der Waals surface area (Å²) in [4.78, 5) is 26.1. The average molecular weight is 453 g/mol. The molecule has 0 aromatic heterocycles. The molecule has 1 heterocycles. The van der Waals surface area contributed by atoms with E-state index in [1.165, 1.54) is 21.1 Å². The molecule has 0 spiro atoms. The second-order valence-corrected chi connectivity index (χ2v) is 10.6. The smallest absolute Gasteiger partial charge is 0.303 e. The van der Waals surface area contributed by atoms with E-state index in [1.807, 2.05) is 33.8 Å². The first-order valence-electron chi connectivity index (χ1n) is 11.4. The molecule has 2 N–H and O–H groups in total. The zero-order valence-corrected chi connectivity index (χ0v) is 20.0. The highest BCUT2D eigenvalue weighted by Crippen LogP contribution is 2.70. The summed E-state index contributed by atoms with van der Waals surface area (Å²) in [5.41, 5.74) is -3.37. The maximum absolute atomic E-state index is 13.9. The van der Waals surface area contributed by atoms with E-state index in [4.69, 9.17) is 18.9 Å². The molecule has 8 nitrogen and oxygen atoms in total. The molecule has 8 heteroatoms. The van der Waals surface area contributed by atoms with Crippen molar-refractivity contribution in [3.05, 3.63) is 11.8 Å². The normalized spacial score (nSPS) is 52.4. The summed E-state index contributed by atoms with van der Waals surface area (Å²) in [6.07, 6.45) is -0.785. The van der Waals surface area contributed by atoms with Crippen molar-refractivity contribution in [1.29, 1.82) is 0 Å². The number of ether oxygens (including phenoxy) is 4. The van der Waals surface area contributed by atoms with Crippen molar-refractivity contribution in [3.63, 3.8) is 0 Å². The van der Waals surface area contributed by atoms with Crippen molar-refractivity contribution in [2.24, 2.45) is 34.5 Å². The molecule has 4 aliphatic rings. The molecule has 11 atom stereocenters. The zero-order chi connectivity index (χ0) is 23.8. The van der Waals surface area contributed by atoms with Crippen LogP contribution in [0.15, 0.2) is 11.8 Å². The van der Waals surface area contributed by atoms with Gasteiger partial charge in [-0.3, -0.25) is 9.59 Å². The highest BCUT2D eigenvalue weighted by molar-refractivity contribution is 5.99. The minimum absolute atomic E-state index is 0.0121. The van der Waals surface area contributed by atoms with Crippen LogP contribution in [0.5, 0.6) is 0 Å². The van der Waals surface area contributed by atoms with Crippen molar-refractivity contribution in [1.82, 2.24) is 0 Å². The van der Waals surface area contributed by atoms with Gasteiger partial charge < -0.3 is 29.2 Å². The summed E-state index contributed by atoms with van der Waals surface area (Å²) >= 11 is 0. The van der Waals surface area contributed by atoms with Crippen LogP contribution in [0.4, 0.5) is 0 Å². The van der Waals surface area contributed by atoms with Crippen LogP contribution < -0.4 is 0 Å². The number of hydrogen-bond donors (Lipinski definition) is 2. The highest BCUT2D eigenvalue weighted by Gasteiger charge is 2.78. The maximum atomic E-state index is 13.9. The number of methoxy groups -OCH3 is 2. The maximum Gasteiger partial charge on any atom is 0.303 e. The summed E-state index contributed by atoms with van der Waals surface area (Å²) in [5, 5.41) is 22.8. The molecule has 2 saturated carbocycles.